The number of aliphatic hydroxyl groups excluding tert-OH is 1. The van der Waals surface area contributed by atoms with Gasteiger partial charge < -0.3 is 14.6 Å². The van der Waals surface area contributed by atoms with Gasteiger partial charge in [-0.05, 0) is 12.1 Å². The van der Waals surface area contributed by atoms with E-state index in [4.69, 9.17) is 0 Å². The molecule has 1 aromatic heterocycles. The minimum Gasteiger partial charge on any atom is -0.390 e. The summed E-state index contributed by atoms with van der Waals surface area (Å²) in [7, 11) is 1.75. The fourth-order valence-corrected chi connectivity index (χ4v) is 2.28. The molecule has 5 nitrogen and oxygen atoms in total. The third-order valence-electron chi connectivity index (χ3n) is 3.23. The van der Waals surface area contributed by atoms with Crippen LogP contribution in [0.4, 0.5) is 0 Å². The Morgan fingerprint density at radius 3 is 2.94 bits per heavy atom. The fraction of sp³-hybridized carbons (Fsp3) is 0.231. The van der Waals surface area contributed by atoms with Gasteiger partial charge in [0.2, 0.25) is 0 Å². The van der Waals surface area contributed by atoms with Gasteiger partial charge in [-0.25, -0.2) is 4.98 Å². The number of carbonyl (C=O) groups excluding carboxylic acids is 1. The quantitative estimate of drug-likeness (QED) is 0.811. The lowest BCUT2D eigenvalue weighted by Gasteiger charge is -2.14. The molecular weight excluding hydrogens is 230 g/mol. The van der Waals surface area contributed by atoms with E-state index in [1.54, 1.807) is 18.3 Å². The highest BCUT2D eigenvalue weighted by atomic mass is 16.3. The van der Waals surface area contributed by atoms with Crippen molar-refractivity contribution in [1.82, 2.24) is 14.5 Å². The number of aliphatic hydroxyl groups is 1. The van der Waals surface area contributed by atoms with Crippen LogP contribution in [0.15, 0.2) is 30.6 Å². The molecule has 0 bridgehead atoms. The molecule has 1 aliphatic rings. The van der Waals surface area contributed by atoms with E-state index in [0.717, 1.165) is 11.4 Å². The summed E-state index contributed by atoms with van der Waals surface area (Å²) in [5.74, 6) is -0.0156. The van der Waals surface area contributed by atoms with Gasteiger partial charge in [-0.1, -0.05) is 12.1 Å². The van der Waals surface area contributed by atoms with E-state index in [1.807, 2.05) is 28.8 Å². The molecule has 3 rings (SSSR count). The van der Waals surface area contributed by atoms with Crippen molar-refractivity contribution < 1.29 is 9.90 Å². The number of aromatic nitrogens is 2. The molecule has 0 radical (unpaired) electrons. The van der Waals surface area contributed by atoms with Crippen molar-refractivity contribution in [3.8, 4) is 5.69 Å². The van der Waals surface area contributed by atoms with Crippen LogP contribution in [-0.4, -0.2) is 32.5 Å². The molecule has 0 atom stereocenters. The number of carbonyl (C=O) groups is 1. The Labute approximate surface area is 104 Å². The second-order valence-electron chi connectivity index (χ2n) is 4.34. The summed E-state index contributed by atoms with van der Waals surface area (Å²) in [6.45, 7) is 0.329. The van der Waals surface area contributed by atoms with Crippen LogP contribution in [0.1, 0.15) is 21.7 Å². The predicted octanol–water partition coefficient (Wildman–Crippen LogP) is 0.950. The van der Waals surface area contributed by atoms with Crippen molar-refractivity contribution in [2.24, 2.45) is 0 Å². The highest BCUT2D eigenvalue weighted by molar-refractivity contribution is 5.98. The number of rotatable bonds is 1. The second kappa shape index (κ2) is 3.96. The van der Waals surface area contributed by atoms with E-state index in [9.17, 15) is 9.90 Å². The Morgan fingerprint density at radius 1 is 1.39 bits per heavy atom. The van der Waals surface area contributed by atoms with E-state index in [-0.39, 0.29) is 12.5 Å². The lowest BCUT2D eigenvalue weighted by molar-refractivity contribution is 0.0787. The van der Waals surface area contributed by atoms with Crippen molar-refractivity contribution in [1.29, 1.82) is 0 Å². The third kappa shape index (κ3) is 1.44. The minimum absolute atomic E-state index is 0.0156. The van der Waals surface area contributed by atoms with Gasteiger partial charge >= 0.3 is 0 Å². The van der Waals surface area contributed by atoms with Gasteiger partial charge in [0, 0.05) is 7.05 Å². The zero-order valence-corrected chi connectivity index (χ0v) is 10.00. The molecule has 1 aromatic carbocycles. The van der Waals surface area contributed by atoms with E-state index >= 15 is 0 Å². The van der Waals surface area contributed by atoms with E-state index < -0.39 is 0 Å². The molecular formula is C13H13N3O2. The number of benzene rings is 1. The summed E-state index contributed by atoms with van der Waals surface area (Å²) in [6, 6.07) is 7.43. The molecule has 2 aromatic rings. The van der Waals surface area contributed by atoms with Gasteiger partial charge in [-0.3, -0.25) is 4.79 Å². The average molecular weight is 243 g/mol. The Balaban J connectivity index is 2.29. The molecule has 18 heavy (non-hydrogen) atoms. The van der Waals surface area contributed by atoms with Gasteiger partial charge in [0.25, 0.3) is 5.91 Å². The van der Waals surface area contributed by atoms with Gasteiger partial charge in [-0.2, -0.15) is 0 Å². The summed E-state index contributed by atoms with van der Waals surface area (Å²) in [4.78, 5) is 18.1. The Bertz CT molecular complexity index is 618. The smallest absolute Gasteiger partial charge is 0.256 e. The van der Waals surface area contributed by atoms with Gasteiger partial charge in [0.1, 0.15) is 0 Å². The van der Waals surface area contributed by atoms with Crippen molar-refractivity contribution in [3.63, 3.8) is 0 Å². The van der Waals surface area contributed by atoms with Crippen LogP contribution in [0.5, 0.6) is 0 Å². The van der Waals surface area contributed by atoms with Crippen LogP contribution in [0.2, 0.25) is 0 Å². The average Bonchev–Trinajstić information content (AvgIpc) is 2.76. The topological polar surface area (TPSA) is 58.4 Å². The van der Waals surface area contributed by atoms with Crippen molar-refractivity contribution >= 4 is 5.91 Å². The van der Waals surface area contributed by atoms with Crippen LogP contribution >= 0.6 is 0 Å². The zero-order valence-electron chi connectivity index (χ0n) is 10.00. The Hall–Kier alpha value is -2.14. The first kappa shape index (κ1) is 11.0. The summed E-state index contributed by atoms with van der Waals surface area (Å²) < 4.78 is 1.88. The molecule has 1 aliphatic heterocycles. The molecule has 5 heteroatoms. The van der Waals surface area contributed by atoms with Gasteiger partial charge in [-0.15, -0.1) is 0 Å². The molecule has 0 unspecified atom stereocenters. The molecule has 1 N–H and O–H groups in total. The fourth-order valence-electron chi connectivity index (χ4n) is 2.28. The summed E-state index contributed by atoms with van der Waals surface area (Å²) >= 11 is 0. The molecule has 0 spiro atoms. The van der Waals surface area contributed by atoms with Crippen molar-refractivity contribution in [2.45, 2.75) is 13.2 Å². The number of hydrogen-bond acceptors (Lipinski definition) is 3. The number of amides is 1. The largest absolute Gasteiger partial charge is 0.390 e. The van der Waals surface area contributed by atoms with Crippen LogP contribution in [-0.2, 0) is 13.2 Å². The lowest BCUT2D eigenvalue weighted by atomic mass is 10.1. The number of hydrogen-bond donors (Lipinski definition) is 1. The monoisotopic (exact) mass is 243 g/mol. The van der Waals surface area contributed by atoms with Crippen molar-refractivity contribution in [3.05, 3.63) is 47.5 Å². The van der Waals surface area contributed by atoms with Crippen LogP contribution < -0.4 is 0 Å². The maximum atomic E-state index is 12.2. The Kier molecular flexibility index (Phi) is 2.41. The van der Waals surface area contributed by atoms with E-state index in [1.165, 1.54) is 0 Å². The van der Waals surface area contributed by atoms with E-state index in [0.29, 0.717) is 17.8 Å². The first-order chi connectivity index (χ1) is 8.72. The van der Waals surface area contributed by atoms with Crippen LogP contribution in [0, 0.1) is 0 Å². The SMILES string of the molecule is CN1Cc2c(CO)ncn2-c2ccccc2C1=O. The molecule has 2 heterocycles. The van der Waals surface area contributed by atoms with Crippen LogP contribution in [0.3, 0.4) is 0 Å². The zero-order chi connectivity index (χ0) is 12.7. The summed E-state index contributed by atoms with van der Waals surface area (Å²) in [5, 5.41) is 9.30. The van der Waals surface area contributed by atoms with E-state index in [2.05, 4.69) is 4.98 Å². The maximum absolute atomic E-state index is 12.2. The molecule has 0 aliphatic carbocycles. The third-order valence-corrected chi connectivity index (χ3v) is 3.23. The highest BCUT2D eigenvalue weighted by Crippen LogP contribution is 2.25. The first-order valence-electron chi connectivity index (χ1n) is 5.73. The lowest BCUT2D eigenvalue weighted by Crippen LogP contribution is -2.25. The standard InChI is InChI=1S/C13H13N3O2/c1-15-6-12-10(7-17)14-8-16(12)11-5-3-2-4-9(11)13(15)18/h2-5,8,17H,6-7H2,1H3. The number of fused-ring (bicyclic) bond motifs is 3. The molecule has 0 saturated carbocycles. The van der Waals surface area contributed by atoms with Crippen molar-refractivity contribution in [2.75, 3.05) is 7.05 Å². The molecule has 1 amide bonds. The maximum Gasteiger partial charge on any atom is 0.256 e. The number of para-hydroxylation sites is 1. The Morgan fingerprint density at radius 2 is 2.17 bits per heavy atom. The molecule has 0 fully saturated rings. The molecule has 92 valence electrons. The summed E-state index contributed by atoms with van der Waals surface area (Å²) in [6.07, 6.45) is 1.66. The first-order valence-corrected chi connectivity index (χ1v) is 5.73. The highest BCUT2D eigenvalue weighted by Gasteiger charge is 2.25. The number of nitrogens with zero attached hydrogens (tertiary/aromatic N) is 3. The van der Waals surface area contributed by atoms with Crippen LogP contribution in [0.25, 0.3) is 5.69 Å². The summed E-state index contributed by atoms with van der Waals surface area (Å²) in [5.41, 5.74) is 2.94. The van der Waals surface area contributed by atoms with Gasteiger partial charge in [0.15, 0.2) is 0 Å². The van der Waals surface area contributed by atoms with Gasteiger partial charge in [0.05, 0.1) is 42.1 Å². The second-order valence-corrected chi connectivity index (χ2v) is 4.34. The number of imidazole rings is 1. The molecule has 0 saturated heterocycles. The minimum atomic E-state index is -0.119. The predicted molar refractivity (Wildman–Crippen MR) is 65.3 cm³/mol. The normalized spacial score (nSPS) is 14.1.